The number of rotatable bonds is 6. The maximum absolute atomic E-state index is 9.32. The lowest BCUT2D eigenvalue weighted by atomic mass is 9.82. The first kappa shape index (κ1) is 14.0. The highest BCUT2D eigenvalue weighted by molar-refractivity contribution is 4.77. The van der Waals surface area contributed by atoms with Gasteiger partial charge in [0.15, 0.2) is 0 Å². The van der Waals surface area contributed by atoms with Crippen LogP contribution in [0, 0.1) is 17.3 Å². The predicted octanol–water partition coefficient (Wildman–Crippen LogP) is 2.81. The van der Waals surface area contributed by atoms with E-state index in [0.717, 1.165) is 31.3 Å². The van der Waals surface area contributed by atoms with Crippen LogP contribution in [-0.2, 0) is 0 Å². The van der Waals surface area contributed by atoms with Crippen LogP contribution in [0.15, 0.2) is 0 Å². The molecule has 16 heavy (non-hydrogen) atoms. The van der Waals surface area contributed by atoms with Gasteiger partial charge in [-0.2, -0.15) is 0 Å². The average Bonchev–Trinajstić information content (AvgIpc) is 2.31. The molecule has 1 fully saturated rings. The Morgan fingerprint density at radius 2 is 1.88 bits per heavy atom. The summed E-state index contributed by atoms with van der Waals surface area (Å²) in [6, 6.07) is 0. The molecule has 96 valence electrons. The summed E-state index contributed by atoms with van der Waals surface area (Å²) in [5.74, 6) is 1.81. The third-order valence-electron chi connectivity index (χ3n) is 4.36. The molecular weight excluding hydrogens is 198 g/mol. The molecule has 1 unspecified atom stereocenters. The van der Waals surface area contributed by atoms with Crippen LogP contribution in [0.1, 0.15) is 52.9 Å². The second-order valence-corrected chi connectivity index (χ2v) is 6.08. The zero-order valence-electron chi connectivity index (χ0n) is 11.3. The molecule has 0 radical (unpaired) electrons. The maximum atomic E-state index is 9.32. The van der Waals surface area contributed by atoms with Gasteiger partial charge in [-0.05, 0) is 37.6 Å². The highest BCUT2D eigenvalue weighted by Crippen LogP contribution is 2.28. The molecule has 2 heteroatoms. The number of hydrogen-bond donors (Lipinski definition) is 2. The minimum absolute atomic E-state index is 0.0714. The van der Waals surface area contributed by atoms with Gasteiger partial charge in [0.05, 0.1) is 0 Å². The fourth-order valence-electron chi connectivity index (χ4n) is 2.40. The van der Waals surface area contributed by atoms with Crippen molar-refractivity contribution < 1.29 is 5.11 Å². The van der Waals surface area contributed by atoms with Crippen LogP contribution < -0.4 is 5.32 Å². The molecule has 0 bridgehead atoms. The van der Waals surface area contributed by atoms with Crippen molar-refractivity contribution in [3.63, 3.8) is 0 Å². The van der Waals surface area contributed by atoms with Gasteiger partial charge >= 0.3 is 0 Å². The van der Waals surface area contributed by atoms with Gasteiger partial charge in [0.2, 0.25) is 0 Å². The fraction of sp³-hybridized carbons (Fsp3) is 1.00. The number of hydrogen-bond acceptors (Lipinski definition) is 2. The largest absolute Gasteiger partial charge is 0.396 e. The van der Waals surface area contributed by atoms with Crippen molar-refractivity contribution in [2.24, 2.45) is 17.3 Å². The van der Waals surface area contributed by atoms with E-state index < -0.39 is 0 Å². The quantitative estimate of drug-likeness (QED) is 0.731. The fourth-order valence-corrected chi connectivity index (χ4v) is 2.40. The van der Waals surface area contributed by atoms with Gasteiger partial charge in [-0.25, -0.2) is 0 Å². The Morgan fingerprint density at radius 3 is 2.38 bits per heavy atom. The predicted molar refractivity (Wildman–Crippen MR) is 69.5 cm³/mol. The van der Waals surface area contributed by atoms with Crippen molar-refractivity contribution in [3.05, 3.63) is 0 Å². The van der Waals surface area contributed by atoms with E-state index in [1.807, 2.05) is 0 Å². The Hall–Kier alpha value is -0.0800. The van der Waals surface area contributed by atoms with Gasteiger partial charge in [-0.1, -0.05) is 33.6 Å². The van der Waals surface area contributed by atoms with Crippen LogP contribution in [-0.4, -0.2) is 24.8 Å². The molecule has 0 aromatic carbocycles. The molecule has 1 atom stereocenters. The van der Waals surface area contributed by atoms with Gasteiger partial charge in [0.1, 0.15) is 0 Å². The minimum Gasteiger partial charge on any atom is -0.396 e. The zero-order valence-corrected chi connectivity index (χ0v) is 11.3. The van der Waals surface area contributed by atoms with Crippen LogP contribution in [0.25, 0.3) is 0 Å². The standard InChI is InChI=1S/C14H29NO/c1-4-14(3,11-16)10-15-9-13-7-5-12(2)6-8-13/h12-13,15-16H,4-11H2,1-3H3. The first-order valence-electron chi connectivity index (χ1n) is 6.91. The average molecular weight is 227 g/mol. The topological polar surface area (TPSA) is 32.3 Å². The molecule has 1 saturated carbocycles. The third-order valence-corrected chi connectivity index (χ3v) is 4.36. The highest BCUT2D eigenvalue weighted by atomic mass is 16.3. The zero-order chi connectivity index (χ0) is 12.0. The van der Waals surface area contributed by atoms with Crippen LogP contribution in [0.4, 0.5) is 0 Å². The van der Waals surface area contributed by atoms with Crippen molar-refractivity contribution in [3.8, 4) is 0 Å². The van der Waals surface area contributed by atoms with Gasteiger partial charge in [0, 0.05) is 18.6 Å². The molecule has 2 nitrogen and oxygen atoms in total. The van der Waals surface area contributed by atoms with E-state index in [0.29, 0.717) is 0 Å². The normalized spacial score (nSPS) is 30.0. The van der Waals surface area contributed by atoms with Crippen LogP contribution in [0.3, 0.4) is 0 Å². The first-order chi connectivity index (χ1) is 7.59. The lowest BCUT2D eigenvalue weighted by molar-refractivity contribution is 0.132. The molecule has 0 amide bonds. The summed E-state index contributed by atoms with van der Waals surface area (Å²) in [7, 11) is 0. The van der Waals surface area contributed by atoms with E-state index in [2.05, 4.69) is 26.1 Å². The lowest BCUT2D eigenvalue weighted by Crippen LogP contribution is -2.37. The Kier molecular flexibility index (Phi) is 5.77. The van der Waals surface area contributed by atoms with Gasteiger partial charge in [0.25, 0.3) is 0 Å². The SMILES string of the molecule is CCC(C)(CO)CNCC1CCC(C)CC1. The van der Waals surface area contributed by atoms with E-state index in [9.17, 15) is 5.11 Å². The smallest absolute Gasteiger partial charge is 0.0496 e. The van der Waals surface area contributed by atoms with E-state index in [4.69, 9.17) is 0 Å². The van der Waals surface area contributed by atoms with Crippen molar-refractivity contribution in [1.82, 2.24) is 5.32 Å². The summed E-state index contributed by atoms with van der Waals surface area (Å²) in [5, 5.41) is 12.9. The monoisotopic (exact) mass is 227 g/mol. The van der Waals surface area contributed by atoms with Crippen molar-refractivity contribution in [2.45, 2.75) is 52.9 Å². The van der Waals surface area contributed by atoms with E-state index in [1.54, 1.807) is 0 Å². The first-order valence-corrected chi connectivity index (χ1v) is 6.91. The third kappa shape index (κ3) is 4.42. The Morgan fingerprint density at radius 1 is 1.25 bits per heavy atom. The molecule has 0 aromatic heterocycles. The highest BCUT2D eigenvalue weighted by Gasteiger charge is 2.22. The molecular formula is C14H29NO. The van der Waals surface area contributed by atoms with Gasteiger partial charge in [-0.3, -0.25) is 0 Å². The summed E-state index contributed by atoms with van der Waals surface area (Å²) in [5.41, 5.74) is 0.0714. The summed E-state index contributed by atoms with van der Waals surface area (Å²) in [6.07, 6.45) is 6.61. The van der Waals surface area contributed by atoms with E-state index in [1.165, 1.54) is 25.7 Å². The Bertz CT molecular complexity index is 181. The van der Waals surface area contributed by atoms with Crippen LogP contribution in [0.5, 0.6) is 0 Å². The van der Waals surface area contributed by atoms with Crippen molar-refractivity contribution in [1.29, 1.82) is 0 Å². The van der Waals surface area contributed by atoms with Crippen LogP contribution in [0.2, 0.25) is 0 Å². The van der Waals surface area contributed by atoms with E-state index in [-0.39, 0.29) is 12.0 Å². The molecule has 1 aliphatic carbocycles. The Labute approximate surface area is 101 Å². The molecule has 0 aliphatic heterocycles. The summed E-state index contributed by atoms with van der Waals surface area (Å²) in [6.45, 7) is 9.05. The molecule has 0 aromatic rings. The minimum atomic E-state index is 0.0714. The molecule has 0 heterocycles. The van der Waals surface area contributed by atoms with Crippen LogP contribution >= 0.6 is 0 Å². The second kappa shape index (κ2) is 6.61. The Balaban J connectivity index is 2.15. The van der Waals surface area contributed by atoms with Gasteiger partial charge < -0.3 is 10.4 Å². The summed E-state index contributed by atoms with van der Waals surface area (Å²) < 4.78 is 0. The second-order valence-electron chi connectivity index (χ2n) is 6.08. The van der Waals surface area contributed by atoms with Crippen molar-refractivity contribution in [2.75, 3.05) is 19.7 Å². The van der Waals surface area contributed by atoms with Gasteiger partial charge in [-0.15, -0.1) is 0 Å². The lowest BCUT2D eigenvalue weighted by Gasteiger charge is -2.30. The summed E-state index contributed by atoms with van der Waals surface area (Å²) in [4.78, 5) is 0. The number of nitrogens with one attached hydrogen (secondary N) is 1. The molecule has 0 saturated heterocycles. The maximum Gasteiger partial charge on any atom is 0.0496 e. The molecule has 2 N–H and O–H groups in total. The van der Waals surface area contributed by atoms with E-state index >= 15 is 0 Å². The molecule has 1 aliphatic rings. The molecule has 0 spiro atoms. The number of aliphatic hydroxyl groups excluding tert-OH is 1. The van der Waals surface area contributed by atoms with Crippen molar-refractivity contribution >= 4 is 0 Å². The molecule has 1 rings (SSSR count). The summed E-state index contributed by atoms with van der Waals surface area (Å²) >= 11 is 0. The number of aliphatic hydroxyl groups is 1.